The molecule has 3 aromatic rings. The predicted octanol–water partition coefficient (Wildman–Crippen LogP) is 5.24. The van der Waals surface area contributed by atoms with Crippen molar-refractivity contribution in [2.24, 2.45) is 5.92 Å². The van der Waals surface area contributed by atoms with Gasteiger partial charge in [-0.15, -0.1) is 0 Å². The molecule has 1 aromatic carbocycles. The molecule has 2 N–H and O–H groups in total. The first-order chi connectivity index (χ1) is 15.2. The molecule has 1 unspecified atom stereocenters. The van der Waals surface area contributed by atoms with Crippen molar-refractivity contribution in [3.63, 3.8) is 0 Å². The number of hydrogen-bond donors (Lipinski definition) is 2. The summed E-state index contributed by atoms with van der Waals surface area (Å²) in [6.07, 6.45) is 8.44. The molecule has 5 rings (SSSR count). The number of fused-ring (bicyclic) bond motifs is 3. The molecule has 2 aliphatic rings. The first-order valence-corrected chi connectivity index (χ1v) is 11.8. The zero-order valence-corrected chi connectivity index (χ0v) is 18.4. The molecule has 0 spiro atoms. The molecule has 0 saturated heterocycles. The Bertz CT molecular complexity index is 1070. The molecular weight excluding hydrogens is 384 g/mol. The van der Waals surface area contributed by atoms with Crippen molar-refractivity contribution < 1.29 is 4.79 Å². The topological polar surface area (TPSA) is 61.0 Å². The summed E-state index contributed by atoms with van der Waals surface area (Å²) in [6, 6.07) is 12.7. The molecule has 3 heterocycles. The zero-order chi connectivity index (χ0) is 21.2. The highest BCUT2D eigenvalue weighted by atomic mass is 16.1. The van der Waals surface area contributed by atoms with E-state index >= 15 is 0 Å². The lowest BCUT2D eigenvalue weighted by Gasteiger charge is -2.30. The molecule has 5 heteroatoms. The fraction of sp³-hybridized carbons (Fsp3) is 0.462. The maximum Gasteiger partial charge on any atom is 0.228 e. The van der Waals surface area contributed by atoms with Gasteiger partial charge in [-0.1, -0.05) is 50.5 Å². The van der Waals surface area contributed by atoms with Crippen LogP contribution in [0.15, 0.2) is 42.6 Å². The summed E-state index contributed by atoms with van der Waals surface area (Å²) in [6.45, 7) is 5.20. The van der Waals surface area contributed by atoms with E-state index in [1.807, 2.05) is 6.07 Å². The van der Waals surface area contributed by atoms with Crippen LogP contribution in [-0.2, 0) is 17.8 Å². The quantitative estimate of drug-likeness (QED) is 0.598. The maximum atomic E-state index is 12.8. The van der Waals surface area contributed by atoms with Gasteiger partial charge in [-0.2, -0.15) is 0 Å². The fourth-order valence-electron chi connectivity index (χ4n) is 5.39. The summed E-state index contributed by atoms with van der Waals surface area (Å²) in [7, 11) is 0. The van der Waals surface area contributed by atoms with Gasteiger partial charge in [0.1, 0.15) is 5.82 Å². The monoisotopic (exact) mass is 416 g/mol. The van der Waals surface area contributed by atoms with Crippen LogP contribution in [0.5, 0.6) is 0 Å². The molecule has 5 nitrogen and oxygen atoms in total. The predicted molar refractivity (Wildman–Crippen MR) is 125 cm³/mol. The average molecular weight is 417 g/mol. The van der Waals surface area contributed by atoms with Crippen molar-refractivity contribution >= 4 is 22.6 Å². The van der Waals surface area contributed by atoms with Crippen molar-refractivity contribution in [1.82, 2.24) is 14.9 Å². The summed E-state index contributed by atoms with van der Waals surface area (Å²) in [5.41, 5.74) is 5.19. The summed E-state index contributed by atoms with van der Waals surface area (Å²) >= 11 is 0. The van der Waals surface area contributed by atoms with Gasteiger partial charge in [0.2, 0.25) is 5.91 Å². The number of nitrogens with zero attached hydrogens (tertiary/aromatic N) is 2. The number of H-pyrrole nitrogens is 1. The SMILES string of the molecule is CC(CN1CCc2c([nH]c3ccccc23)C1)c1cccnc1NC(=O)C1CCCCC1. The van der Waals surface area contributed by atoms with Gasteiger partial charge in [0.15, 0.2) is 0 Å². The lowest BCUT2D eigenvalue weighted by molar-refractivity contribution is -0.120. The molecule has 1 saturated carbocycles. The fourth-order valence-corrected chi connectivity index (χ4v) is 5.39. The molecular formula is C26H32N4O. The molecule has 1 amide bonds. The highest BCUT2D eigenvalue weighted by Gasteiger charge is 2.25. The number of anilines is 1. The van der Waals surface area contributed by atoms with Gasteiger partial charge < -0.3 is 10.3 Å². The Morgan fingerprint density at radius 1 is 1.19 bits per heavy atom. The second-order valence-electron chi connectivity index (χ2n) is 9.28. The number of rotatable bonds is 5. The zero-order valence-electron chi connectivity index (χ0n) is 18.4. The third kappa shape index (κ3) is 4.24. The Morgan fingerprint density at radius 3 is 2.90 bits per heavy atom. The van der Waals surface area contributed by atoms with Gasteiger partial charge in [0.05, 0.1) is 0 Å². The van der Waals surface area contributed by atoms with Crippen LogP contribution in [0, 0.1) is 5.92 Å². The molecule has 1 atom stereocenters. The maximum absolute atomic E-state index is 12.8. The van der Waals surface area contributed by atoms with Crippen LogP contribution in [0.25, 0.3) is 10.9 Å². The lowest BCUT2D eigenvalue weighted by atomic mass is 9.88. The second-order valence-corrected chi connectivity index (χ2v) is 9.28. The number of carbonyl (C=O) groups excluding carboxylic acids is 1. The third-order valence-electron chi connectivity index (χ3n) is 7.08. The number of carbonyl (C=O) groups is 1. The van der Waals surface area contributed by atoms with E-state index in [1.54, 1.807) is 6.20 Å². The van der Waals surface area contributed by atoms with E-state index in [1.165, 1.54) is 28.6 Å². The molecule has 1 aliphatic carbocycles. The molecule has 2 aromatic heterocycles. The van der Waals surface area contributed by atoms with Crippen LogP contribution in [-0.4, -0.2) is 33.9 Å². The van der Waals surface area contributed by atoms with E-state index in [4.69, 9.17) is 0 Å². The van der Waals surface area contributed by atoms with Crippen molar-refractivity contribution in [2.45, 2.75) is 57.9 Å². The Labute approximate surface area is 184 Å². The van der Waals surface area contributed by atoms with E-state index in [2.05, 4.69) is 57.4 Å². The minimum Gasteiger partial charge on any atom is -0.357 e. The number of nitrogens with one attached hydrogen (secondary N) is 2. The van der Waals surface area contributed by atoms with E-state index in [0.29, 0.717) is 5.92 Å². The molecule has 162 valence electrons. The third-order valence-corrected chi connectivity index (χ3v) is 7.08. The largest absolute Gasteiger partial charge is 0.357 e. The van der Waals surface area contributed by atoms with Crippen LogP contribution in [0.2, 0.25) is 0 Å². The van der Waals surface area contributed by atoms with Gasteiger partial charge in [-0.3, -0.25) is 9.69 Å². The minimum atomic E-state index is 0.140. The lowest BCUT2D eigenvalue weighted by Crippen LogP contribution is -2.33. The van der Waals surface area contributed by atoms with Crippen LogP contribution in [0.1, 0.15) is 61.8 Å². The number of aromatic amines is 1. The van der Waals surface area contributed by atoms with Crippen LogP contribution < -0.4 is 5.32 Å². The number of aromatic nitrogens is 2. The highest BCUT2D eigenvalue weighted by Crippen LogP contribution is 2.31. The van der Waals surface area contributed by atoms with Gasteiger partial charge in [-0.05, 0) is 48.4 Å². The number of benzene rings is 1. The Morgan fingerprint density at radius 2 is 2.03 bits per heavy atom. The number of hydrogen-bond acceptors (Lipinski definition) is 3. The number of amides is 1. The van der Waals surface area contributed by atoms with Gasteiger partial charge in [0.25, 0.3) is 0 Å². The van der Waals surface area contributed by atoms with E-state index in [9.17, 15) is 4.79 Å². The Kier molecular flexibility index (Phi) is 5.77. The smallest absolute Gasteiger partial charge is 0.228 e. The minimum absolute atomic E-state index is 0.140. The first-order valence-electron chi connectivity index (χ1n) is 11.8. The molecule has 1 aliphatic heterocycles. The molecule has 31 heavy (non-hydrogen) atoms. The second kappa shape index (κ2) is 8.83. The molecule has 0 bridgehead atoms. The van der Waals surface area contributed by atoms with Gasteiger partial charge in [-0.25, -0.2) is 4.98 Å². The van der Waals surface area contributed by atoms with Crippen molar-refractivity contribution in [1.29, 1.82) is 0 Å². The standard InChI is InChI=1S/C26H32N4O/c1-18(16-30-15-13-22-21-10-5-6-12-23(21)28-24(22)17-30)20-11-7-14-27-25(20)29-26(31)19-8-3-2-4-9-19/h5-7,10-12,14,18-19,28H,2-4,8-9,13,15-17H2,1H3,(H,27,29,31). The van der Waals surface area contributed by atoms with E-state index in [0.717, 1.165) is 63.1 Å². The Balaban J connectivity index is 1.27. The van der Waals surface area contributed by atoms with Crippen molar-refractivity contribution in [2.75, 3.05) is 18.4 Å². The summed E-state index contributed by atoms with van der Waals surface area (Å²) in [5, 5.41) is 4.52. The van der Waals surface area contributed by atoms with Gasteiger partial charge >= 0.3 is 0 Å². The van der Waals surface area contributed by atoms with Crippen LogP contribution >= 0.6 is 0 Å². The molecule has 1 fully saturated rings. The van der Waals surface area contributed by atoms with Crippen LogP contribution in [0.4, 0.5) is 5.82 Å². The summed E-state index contributed by atoms with van der Waals surface area (Å²) < 4.78 is 0. The van der Waals surface area contributed by atoms with E-state index in [-0.39, 0.29) is 11.8 Å². The Hall–Kier alpha value is -2.66. The van der Waals surface area contributed by atoms with Gasteiger partial charge in [0, 0.05) is 48.3 Å². The van der Waals surface area contributed by atoms with E-state index < -0.39 is 0 Å². The average Bonchev–Trinajstić information content (AvgIpc) is 3.17. The summed E-state index contributed by atoms with van der Waals surface area (Å²) in [4.78, 5) is 23.5. The van der Waals surface area contributed by atoms with Crippen molar-refractivity contribution in [3.8, 4) is 0 Å². The first kappa shape index (κ1) is 20.3. The molecule has 0 radical (unpaired) electrons. The number of para-hydroxylation sites is 1. The highest BCUT2D eigenvalue weighted by molar-refractivity contribution is 5.92. The summed E-state index contributed by atoms with van der Waals surface area (Å²) in [5.74, 6) is 1.32. The number of pyridine rings is 1. The van der Waals surface area contributed by atoms with Crippen LogP contribution in [0.3, 0.4) is 0 Å². The van der Waals surface area contributed by atoms with Crippen molar-refractivity contribution in [3.05, 3.63) is 59.4 Å². The normalized spacial score (nSPS) is 18.6.